The number of carbonyl (C=O) groups excluding carboxylic acids is 2. The summed E-state index contributed by atoms with van der Waals surface area (Å²) in [5.41, 5.74) is 4.23. The van der Waals surface area contributed by atoms with Gasteiger partial charge in [-0.3, -0.25) is 14.3 Å². The fourth-order valence-electron chi connectivity index (χ4n) is 10.2. The van der Waals surface area contributed by atoms with Crippen LogP contribution in [0.4, 0.5) is 5.69 Å². The molecule has 1 aliphatic heterocycles. The molecule has 72 heavy (non-hydrogen) atoms. The van der Waals surface area contributed by atoms with E-state index in [1.54, 1.807) is 66.2 Å². The number of rotatable bonds is 17. The SMILES string of the molecule is CC1(c2c(O)c(C(=O)O)cc3ccccc23)C(O)=C(C(=O)O)Cc2ccccc21.Cn1cc(-c2ccc(CCOCCC(=O)N(CCNCCc3ccc(O)c4c3OCC(=O)N4)C3CCCCC3)cc2)cn1. The van der Waals surface area contributed by atoms with Crippen molar-refractivity contribution < 1.29 is 54.2 Å². The molecule has 376 valence electrons. The summed E-state index contributed by atoms with van der Waals surface area (Å²) in [7, 11) is 1.91. The third kappa shape index (κ3) is 11.1. The van der Waals surface area contributed by atoms with Crippen LogP contribution in [0.2, 0.25) is 0 Å². The van der Waals surface area contributed by atoms with Crippen LogP contribution in [0.25, 0.3) is 21.9 Å². The molecule has 2 amide bonds. The number of hydrogen-bond donors (Lipinski definition) is 7. The van der Waals surface area contributed by atoms with Gasteiger partial charge in [0.25, 0.3) is 5.91 Å². The molecule has 3 aliphatic rings. The first-order chi connectivity index (χ1) is 34.7. The Morgan fingerprint density at radius 3 is 2.38 bits per heavy atom. The number of hydrogen-bond acceptors (Lipinski definition) is 11. The van der Waals surface area contributed by atoms with Crippen molar-refractivity contribution >= 4 is 40.2 Å². The molecule has 2 aliphatic carbocycles. The molecule has 1 aromatic heterocycles. The van der Waals surface area contributed by atoms with Crippen molar-refractivity contribution in [2.45, 2.75) is 76.2 Å². The number of ether oxygens (including phenoxy) is 2. The highest BCUT2D eigenvalue weighted by Gasteiger charge is 2.45. The number of aliphatic hydroxyl groups is 1. The number of carboxylic acids is 2. The summed E-state index contributed by atoms with van der Waals surface area (Å²) in [4.78, 5) is 50.6. The molecule has 0 saturated heterocycles. The minimum atomic E-state index is -1.45. The predicted molar refractivity (Wildman–Crippen MR) is 272 cm³/mol. The normalized spacial score (nSPS) is 16.4. The van der Waals surface area contributed by atoms with Crippen LogP contribution in [0.5, 0.6) is 17.2 Å². The molecule has 6 aromatic rings. The number of nitrogens with zero attached hydrogens (tertiary/aromatic N) is 3. The number of benzene rings is 5. The first-order valence-electron chi connectivity index (χ1n) is 24.4. The van der Waals surface area contributed by atoms with Crippen molar-refractivity contribution in [2.75, 3.05) is 44.8 Å². The van der Waals surface area contributed by atoms with Gasteiger partial charge >= 0.3 is 11.9 Å². The second kappa shape index (κ2) is 22.6. The third-order valence-electron chi connectivity index (χ3n) is 13.9. The standard InChI is InChI=1S/C33H43N5O5.C23H18O6/c1-37-22-27(21-35-37)25-9-7-24(8-10-25)14-19-42-20-15-31(41)38(28-5-3-2-4-6-28)18-17-34-16-13-26-11-12-29(39)32-33(26)43-23-30(40)36-32;1-23(17-9-5-3-7-13(17)11-16(20(23)25)22(28)29)18-14-8-4-2-6-12(14)10-15(19(18)24)21(26)27/h7-12,21-22,28,34,39H,2-6,13-20,23H2,1H3,(H,36,40);2-10,24-25H,11H2,1H3,(H,26,27)(H,28,29). The van der Waals surface area contributed by atoms with Crippen molar-refractivity contribution in [1.82, 2.24) is 20.0 Å². The highest BCUT2D eigenvalue weighted by Crippen LogP contribution is 2.51. The molecule has 0 radical (unpaired) electrons. The number of allylic oxidation sites excluding steroid dienone is 1. The van der Waals surface area contributed by atoms with E-state index in [2.05, 4.69) is 44.9 Å². The Balaban J connectivity index is 0.000000208. The number of phenols is 2. The maximum Gasteiger partial charge on any atom is 0.339 e. The number of amides is 2. The van der Waals surface area contributed by atoms with Crippen LogP contribution in [-0.2, 0) is 50.8 Å². The molecule has 16 heteroatoms. The molecule has 16 nitrogen and oxygen atoms in total. The van der Waals surface area contributed by atoms with E-state index < -0.39 is 28.9 Å². The van der Waals surface area contributed by atoms with Gasteiger partial charge in [0.05, 0.1) is 36.8 Å². The van der Waals surface area contributed by atoms with Crippen LogP contribution in [-0.4, -0.2) is 109 Å². The van der Waals surface area contributed by atoms with E-state index in [9.17, 15) is 44.7 Å². The smallest absolute Gasteiger partial charge is 0.339 e. The monoisotopic (exact) mass is 979 g/mol. The van der Waals surface area contributed by atoms with Gasteiger partial charge in [-0.2, -0.15) is 5.10 Å². The Kier molecular flexibility index (Phi) is 15.9. The van der Waals surface area contributed by atoms with E-state index in [-0.39, 0.29) is 47.3 Å². The number of aliphatic carboxylic acids is 1. The summed E-state index contributed by atoms with van der Waals surface area (Å²) < 4.78 is 13.3. The molecular formula is C56H61N5O11. The lowest BCUT2D eigenvalue weighted by Crippen LogP contribution is -2.45. The van der Waals surface area contributed by atoms with Crippen LogP contribution < -0.4 is 15.4 Å². The van der Waals surface area contributed by atoms with Crippen LogP contribution in [0.15, 0.2) is 115 Å². The zero-order valence-electron chi connectivity index (χ0n) is 40.5. The van der Waals surface area contributed by atoms with E-state index in [0.717, 1.165) is 36.0 Å². The molecule has 5 aromatic carbocycles. The lowest BCUT2D eigenvalue weighted by Gasteiger charge is -2.37. The Bertz CT molecular complexity index is 3000. The van der Waals surface area contributed by atoms with Gasteiger partial charge in [0.15, 0.2) is 12.4 Å². The number of aryl methyl sites for hydroxylation is 1. The molecule has 0 bridgehead atoms. The lowest BCUT2D eigenvalue weighted by molar-refractivity contribution is -0.135. The van der Waals surface area contributed by atoms with Gasteiger partial charge in [-0.15, -0.1) is 0 Å². The molecule has 0 spiro atoms. The van der Waals surface area contributed by atoms with Crippen molar-refractivity contribution in [1.29, 1.82) is 0 Å². The van der Waals surface area contributed by atoms with Crippen LogP contribution in [0, 0.1) is 0 Å². The number of phenolic OH excluding ortho intramolecular Hbond substituents is 1. The lowest BCUT2D eigenvalue weighted by atomic mass is 9.66. The molecule has 1 atom stereocenters. The fraction of sp³-hybridized carbons (Fsp3) is 0.339. The van der Waals surface area contributed by atoms with Crippen LogP contribution in [0.1, 0.15) is 83.6 Å². The maximum atomic E-state index is 13.3. The molecule has 9 rings (SSSR count). The maximum absolute atomic E-state index is 13.3. The van der Waals surface area contributed by atoms with E-state index in [4.69, 9.17) is 9.47 Å². The Morgan fingerprint density at radius 2 is 1.64 bits per heavy atom. The van der Waals surface area contributed by atoms with Gasteiger partial charge in [-0.1, -0.05) is 98.1 Å². The van der Waals surface area contributed by atoms with Crippen molar-refractivity contribution in [3.63, 3.8) is 0 Å². The largest absolute Gasteiger partial charge is 0.510 e. The molecule has 1 fully saturated rings. The number of aromatic nitrogens is 2. The topological polar surface area (TPSA) is 233 Å². The Morgan fingerprint density at radius 1 is 0.889 bits per heavy atom. The summed E-state index contributed by atoms with van der Waals surface area (Å²) in [6.07, 6.45) is 11.5. The van der Waals surface area contributed by atoms with E-state index in [1.807, 2.05) is 25.5 Å². The number of nitrogens with one attached hydrogen (secondary N) is 2. The first kappa shape index (κ1) is 50.7. The number of fused-ring (bicyclic) bond motifs is 3. The Hall–Kier alpha value is -7.69. The van der Waals surface area contributed by atoms with Gasteiger partial charge in [-0.25, -0.2) is 9.59 Å². The zero-order valence-corrected chi connectivity index (χ0v) is 40.5. The third-order valence-corrected chi connectivity index (χ3v) is 13.9. The number of carboxylic acid groups (broad SMARTS) is 2. The molecule has 1 unspecified atom stereocenters. The number of aromatic carboxylic acids is 1. The highest BCUT2D eigenvalue weighted by molar-refractivity contribution is 6.01. The quantitative estimate of drug-likeness (QED) is 0.0339. The van der Waals surface area contributed by atoms with Gasteiger partial charge in [0.1, 0.15) is 28.5 Å². The van der Waals surface area contributed by atoms with E-state index in [0.29, 0.717) is 85.1 Å². The molecule has 2 heterocycles. The predicted octanol–water partition coefficient (Wildman–Crippen LogP) is 8.07. The number of carbonyl (C=O) groups is 4. The summed E-state index contributed by atoms with van der Waals surface area (Å²) in [6, 6.07) is 27.5. The molecule has 7 N–H and O–H groups in total. The molecule has 1 saturated carbocycles. The van der Waals surface area contributed by atoms with Gasteiger partial charge in [0.2, 0.25) is 5.91 Å². The summed E-state index contributed by atoms with van der Waals surface area (Å²) in [5.74, 6) is -3.07. The molecular weight excluding hydrogens is 919 g/mol. The fourth-order valence-corrected chi connectivity index (χ4v) is 10.2. The minimum absolute atomic E-state index is 0.000764. The van der Waals surface area contributed by atoms with Crippen LogP contribution in [0.3, 0.4) is 0 Å². The number of anilines is 1. The summed E-state index contributed by atoms with van der Waals surface area (Å²) >= 11 is 0. The average molecular weight is 980 g/mol. The van der Waals surface area contributed by atoms with Crippen molar-refractivity contribution in [3.8, 4) is 28.4 Å². The second-order valence-electron chi connectivity index (χ2n) is 18.6. The minimum Gasteiger partial charge on any atom is -0.510 e. The van der Waals surface area contributed by atoms with E-state index in [1.165, 1.54) is 30.9 Å². The van der Waals surface area contributed by atoms with Gasteiger partial charge < -0.3 is 50.5 Å². The number of aliphatic hydroxyl groups excluding tert-OH is 1. The van der Waals surface area contributed by atoms with E-state index >= 15 is 0 Å². The Labute approximate surface area is 417 Å². The van der Waals surface area contributed by atoms with Crippen molar-refractivity contribution in [3.05, 3.63) is 148 Å². The van der Waals surface area contributed by atoms with Gasteiger partial charge in [0, 0.05) is 49.9 Å². The summed E-state index contributed by atoms with van der Waals surface area (Å²) in [6.45, 7) is 4.59. The zero-order chi connectivity index (χ0) is 50.9. The second-order valence-corrected chi connectivity index (χ2v) is 18.6. The number of aromatic hydroxyl groups is 2. The first-order valence-corrected chi connectivity index (χ1v) is 24.4. The highest BCUT2D eigenvalue weighted by atomic mass is 16.5. The van der Waals surface area contributed by atoms with Crippen molar-refractivity contribution in [2.24, 2.45) is 7.05 Å². The summed E-state index contributed by atoms with van der Waals surface area (Å²) in [5, 5.41) is 62.9. The van der Waals surface area contributed by atoms with Gasteiger partial charge in [-0.05, 0) is 89.9 Å². The van der Waals surface area contributed by atoms with Crippen LogP contribution >= 0.6 is 0 Å². The average Bonchev–Trinajstić information content (AvgIpc) is 3.82.